The summed E-state index contributed by atoms with van der Waals surface area (Å²) in [6.45, 7) is 6.43. The largest absolute Gasteiger partial charge is 0.487 e. The molecule has 0 aliphatic heterocycles. The Morgan fingerprint density at radius 3 is 2.44 bits per heavy atom. The second kappa shape index (κ2) is 8.92. The van der Waals surface area contributed by atoms with Gasteiger partial charge in [0.15, 0.2) is 0 Å². The molecule has 4 heteroatoms. The number of ether oxygens (including phenoxy) is 1. The monoisotopic (exact) mass is 339 g/mol. The van der Waals surface area contributed by atoms with E-state index in [1.165, 1.54) is 5.56 Å². The van der Waals surface area contributed by atoms with Crippen molar-refractivity contribution in [3.63, 3.8) is 0 Å². The van der Waals surface area contributed by atoms with Crippen LogP contribution in [0.4, 0.5) is 0 Å². The molecule has 25 heavy (non-hydrogen) atoms. The van der Waals surface area contributed by atoms with Crippen molar-refractivity contribution in [1.82, 2.24) is 4.98 Å². The van der Waals surface area contributed by atoms with Crippen molar-refractivity contribution >= 4 is 16.9 Å². The molecular weight excluding hydrogens is 314 g/mol. The topological polar surface area (TPSA) is 62.3 Å². The van der Waals surface area contributed by atoms with Crippen LogP contribution in [0.3, 0.4) is 0 Å². The summed E-state index contributed by atoms with van der Waals surface area (Å²) in [6.07, 6.45) is 0.602. The van der Waals surface area contributed by atoms with E-state index in [0.717, 1.165) is 27.9 Å². The lowest BCUT2D eigenvalue weighted by atomic mass is 10.1. The molecule has 4 nitrogen and oxygen atoms in total. The number of carboxylic acid groups (broad SMARTS) is 1. The van der Waals surface area contributed by atoms with Gasteiger partial charge in [0.05, 0.1) is 5.69 Å². The van der Waals surface area contributed by atoms with Crippen molar-refractivity contribution < 1.29 is 14.6 Å². The zero-order valence-electron chi connectivity index (χ0n) is 15.0. The highest BCUT2D eigenvalue weighted by Gasteiger charge is 2.13. The van der Waals surface area contributed by atoms with Gasteiger partial charge < -0.3 is 14.8 Å². The number of fused-ring (bicyclic) bond motifs is 1. The standard InChI is InChI=1S/C19H19NO3.C2H6/c1-13-6-8-14(9-7-13)23-12-18-16(10-11-19(21)22)15-4-2-3-5-17(15)20-18;1-2/h2-9,20H,10-12H2,1H3,(H,21,22);1-2H3. The lowest BCUT2D eigenvalue weighted by molar-refractivity contribution is -0.136. The van der Waals surface area contributed by atoms with Gasteiger partial charge in [0.1, 0.15) is 12.4 Å². The molecule has 0 fully saturated rings. The molecule has 0 saturated heterocycles. The highest BCUT2D eigenvalue weighted by atomic mass is 16.5. The van der Waals surface area contributed by atoms with Crippen LogP contribution >= 0.6 is 0 Å². The van der Waals surface area contributed by atoms with Gasteiger partial charge in [-0.25, -0.2) is 0 Å². The third-order valence-electron chi connectivity index (χ3n) is 3.90. The third kappa shape index (κ3) is 4.86. The van der Waals surface area contributed by atoms with Crippen LogP contribution in [-0.2, 0) is 17.8 Å². The average molecular weight is 339 g/mol. The van der Waals surface area contributed by atoms with E-state index in [0.29, 0.717) is 13.0 Å². The first-order valence-electron chi connectivity index (χ1n) is 8.63. The van der Waals surface area contributed by atoms with Crippen LogP contribution in [0.2, 0.25) is 0 Å². The van der Waals surface area contributed by atoms with Gasteiger partial charge in [-0.2, -0.15) is 0 Å². The Morgan fingerprint density at radius 1 is 1.08 bits per heavy atom. The minimum absolute atomic E-state index is 0.110. The lowest BCUT2D eigenvalue weighted by Crippen LogP contribution is -2.02. The number of aliphatic carboxylic acids is 1. The smallest absolute Gasteiger partial charge is 0.303 e. The maximum absolute atomic E-state index is 10.9. The van der Waals surface area contributed by atoms with E-state index in [-0.39, 0.29) is 6.42 Å². The number of nitrogens with one attached hydrogen (secondary N) is 1. The maximum Gasteiger partial charge on any atom is 0.303 e. The van der Waals surface area contributed by atoms with Crippen molar-refractivity contribution in [2.45, 2.75) is 40.2 Å². The SMILES string of the molecule is CC.Cc1ccc(OCc2[nH]c3ccccc3c2CCC(=O)O)cc1. The molecule has 0 unspecified atom stereocenters. The Labute approximate surface area is 148 Å². The first kappa shape index (κ1) is 18.6. The quantitative estimate of drug-likeness (QED) is 0.657. The summed E-state index contributed by atoms with van der Waals surface area (Å²) >= 11 is 0. The molecule has 0 spiro atoms. The summed E-state index contributed by atoms with van der Waals surface area (Å²) in [5.74, 6) is 0.0131. The molecule has 1 heterocycles. The van der Waals surface area contributed by atoms with Gasteiger partial charge in [-0.1, -0.05) is 49.7 Å². The number of carbonyl (C=O) groups is 1. The average Bonchev–Trinajstić information content (AvgIpc) is 2.99. The number of para-hydroxylation sites is 1. The number of carboxylic acids is 1. The highest BCUT2D eigenvalue weighted by molar-refractivity contribution is 5.85. The third-order valence-corrected chi connectivity index (χ3v) is 3.90. The highest BCUT2D eigenvalue weighted by Crippen LogP contribution is 2.25. The van der Waals surface area contributed by atoms with E-state index in [9.17, 15) is 4.79 Å². The Bertz CT molecular complexity index is 819. The first-order valence-corrected chi connectivity index (χ1v) is 8.63. The van der Waals surface area contributed by atoms with E-state index < -0.39 is 5.97 Å². The van der Waals surface area contributed by atoms with Crippen molar-refractivity contribution in [3.05, 3.63) is 65.4 Å². The molecule has 0 amide bonds. The Kier molecular flexibility index (Phi) is 6.63. The number of benzene rings is 2. The number of H-pyrrole nitrogens is 1. The van der Waals surface area contributed by atoms with Gasteiger partial charge >= 0.3 is 5.97 Å². The molecule has 3 rings (SSSR count). The minimum atomic E-state index is -0.791. The minimum Gasteiger partial charge on any atom is -0.487 e. The van der Waals surface area contributed by atoms with Gasteiger partial charge in [0, 0.05) is 17.3 Å². The molecule has 0 saturated carbocycles. The maximum atomic E-state index is 10.9. The van der Waals surface area contributed by atoms with Gasteiger partial charge in [-0.05, 0) is 37.1 Å². The van der Waals surface area contributed by atoms with Crippen LogP contribution in [0, 0.1) is 6.92 Å². The molecule has 0 bridgehead atoms. The molecule has 0 aliphatic carbocycles. The van der Waals surface area contributed by atoms with E-state index in [2.05, 4.69) is 4.98 Å². The Hall–Kier alpha value is -2.75. The molecule has 2 aromatic carbocycles. The second-order valence-electron chi connectivity index (χ2n) is 5.62. The molecular formula is C21H25NO3. The van der Waals surface area contributed by atoms with Crippen molar-refractivity contribution in [2.75, 3.05) is 0 Å². The molecule has 1 aromatic heterocycles. The fourth-order valence-electron chi connectivity index (χ4n) is 2.69. The van der Waals surface area contributed by atoms with E-state index in [1.807, 2.05) is 69.3 Å². The van der Waals surface area contributed by atoms with Crippen LogP contribution in [0.15, 0.2) is 48.5 Å². The lowest BCUT2D eigenvalue weighted by Gasteiger charge is -2.07. The summed E-state index contributed by atoms with van der Waals surface area (Å²) in [6, 6.07) is 15.8. The predicted molar refractivity (Wildman–Crippen MR) is 101 cm³/mol. The first-order chi connectivity index (χ1) is 12.1. The molecule has 132 valence electrons. The van der Waals surface area contributed by atoms with Crippen LogP contribution in [0.1, 0.15) is 37.1 Å². The Morgan fingerprint density at radius 2 is 1.76 bits per heavy atom. The van der Waals surface area contributed by atoms with Crippen LogP contribution in [-0.4, -0.2) is 16.1 Å². The van der Waals surface area contributed by atoms with E-state index >= 15 is 0 Å². The van der Waals surface area contributed by atoms with Gasteiger partial charge in [0.2, 0.25) is 0 Å². The van der Waals surface area contributed by atoms with Crippen molar-refractivity contribution in [2.24, 2.45) is 0 Å². The number of aryl methyl sites for hydroxylation is 2. The summed E-state index contributed by atoms with van der Waals surface area (Å²) in [7, 11) is 0. The summed E-state index contributed by atoms with van der Waals surface area (Å²) in [4.78, 5) is 14.3. The number of hydrogen-bond acceptors (Lipinski definition) is 2. The molecule has 0 aliphatic rings. The number of aromatic amines is 1. The summed E-state index contributed by atoms with van der Waals surface area (Å²) < 4.78 is 5.85. The normalized spacial score (nSPS) is 10.2. The van der Waals surface area contributed by atoms with E-state index in [1.54, 1.807) is 0 Å². The van der Waals surface area contributed by atoms with Gasteiger partial charge in [-0.3, -0.25) is 4.79 Å². The fourth-order valence-corrected chi connectivity index (χ4v) is 2.69. The molecule has 2 N–H and O–H groups in total. The summed E-state index contributed by atoms with van der Waals surface area (Å²) in [5.41, 5.74) is 4.16. The zero-order chi connectivity index (χ0) is 18.2. The molecule has 3 aromatic rings. The summed E-state index contributed by atoms with van der Waals surface area (Å²) in [5, 5.41) is 10.0. The predicted octanol–water partition coefficient (Wildman–Crippen LogP) is 5.10. The fraction of sp³-hybridized carbons (Fsp3) is 0.286. The number of rotatable bonds is 6. The van der Waals surface area contributed by atoms with Crippen molar-refractivity contribution in [3.8, 4) is 5.75 Å². The van der Waals surface area contributed by atoms with E-state index in [4.69, 9.17) is 9.84 Å². The molecule has 0 radical (unpaired) electrons. The van der Waals surface area contributed by atoms with Gasteiger partial charge in [-0.15, -0.1) is 0 Å². The van der Waals surface area contributed by atoms with Crippen LogP contribution in [0.25, 0.3) is 10.9 Å². The zero-order valence-corrected chi connectivity index (χ0v) is 15.0. The van der Waals surface area contributed by atoms with Gasteiger partial charge in [0.25, 0.3) is 0 Å². The number of aromatic nitrogens is 1. The number of hydrogen-bond donors (Lipinski definition) is 2. The van der Waals surface area contributed by atoms with Crippen LogP contribution < -0.4 is 4.74 Å². The van der Waals surface area contributed by atoms with Crippen LogP contribution in [0.5, 0.6) is 5.75 Å². The van der Waals surface area contributed by atoms with Crippen molar-refractivity contribution in [1.29, 1.82) is 0 Å². The molecule has 0 atom stereocenters. The Balaban J connectivity index is 0.00000109. The second-order valence-corrected chi connectivity index (χ2v) is 5.62.